The van der Waals surface area contributed by atoms with Crippen molar-refractivity contribution in [3.8, 4) is 0 Å². The number of aromatic nitrogens is 1. The fraction of sp³-hybridized carbons (Fsp3) is 0.235. The molecule has 25 heavy (non-hydrogen) atoms. The van der Waals surface area contributed by atoms with Gasteiger partial charge in [0.1, 0.15) is 5.69 Å². The molecule has 1 aliphatic heterocycles. The van der Waals surface area contributed by atoms with Crippen molar-refractivity contribution in [1.29, 1.82) is 0 Å². The van der Waals surface area contributed by atoms with Crippen LogP contribution in [0.4, 0.5) is 18.9 Å². The zero-order valence-electron chi connectivity index (χ0n) is 13.0. The number of fused-ring (bicyclic) bond motifs is 1. The summed E-state index contributed by atoms with van der Waals surface area (Å²) in [4.78, 5) is 29.0. The average Bonchev–Trinajstić information content (AvgIpc) is 2.59. The smallest absolute Gasteiger partial charge is 0.366 e. The molecule has 0 spiro atoms. The van der Waals surface area contributed by atoms with Crippen molar-refractivity contribution in [3.63, 3.8) is 0 Å². The van der Waals surface area contributed by atoms with Crippen molar-refractivity contribution in [2.24, 2.45) is 5.73 Å². The second-order valence-electron chi connectivity index (χ2n) is 5.70. The van der Waals surface area contributed by atoms with Gasteiger partial charge in [0.25, 0.3) is 5.91 Å². The van der Waals surface area contributed by atoms with Crippen molar-refractivity contribution in [3.05, 3.63) is 58.9 Å². The first-order valence-electron chi connectivity index (χ1n) is 7.55. The Bertz CT molecular complexity index is 832. The largest absolute Gasteiger partial charge is 0.416 e. The maximum absolute atomic E-state index is 12.9. The number of nitrogens with two attached hydrogens (primary N) is 1. The summed E-state index contributed by atoms with van der Waals surface area (Å²) in [5.74, 6) is -1.09. The van der Waals surface area contributed by atoms with Crippen LogP contribution in [-0.4, -0.2) is 23.3 Å². The molecule has 1 aromatic carbocycles. The molecule has 1 aliphatic rings. The van der Waals surface area contributed by atoms with Gasteiger partial charge in [-0.25, -0.2) is 0 Å². The molecule has 2 amide bonds. The molecule has 2 aromatic rings. The predicted octanol–water partition coefficient (Wildman–Crippen LogP) is 2.79. The number of nitrogens with zero attached hydrogens (tertiary/aromatic N) is 2. The molecule has 2 N–H and O–H groups in total. The van der Waals surface area contributed by atoms with Gasteiger partial charge in [0, 0.05) is 18.4 Å². The fourth-order valence-electron chi connectivity index (χ4n) is 2.79. The van der Waals surface area contributed by atoms with Crippen molar-refractivity contribution >= 4 is 17.5 Å². The first kappa shape index (κ1) is 16.9. The number of hydrogen-bond donors (Lipinski definition) is 1. The van der Waals surface area contributed by atoms with Crippen LogP contribution >= 0.6 is 0 Å². The van der Waals surface area contributed by atoms with Crippen molar-refractivity contribution in [1.82, 2.24) is 4.98 Å². The summed E-state index contributed by atoms with van der Waals surface area (Å²) in [6.45, 7) is 0.385. The van der Waals surface area contributed by atoms with Crippen molar-refractivity contribution < 1.29 is 22.8 Å². The fourth-order valence-corrected chi connectivity index (χ4v) is 2.79. The van der Waals surface area contributed by atoms with E-state index in [1.165, 1.54) is 29.3 Å². The molecule has 0 bridgehead atoms. The molecule has 130 valence electrons. The molecule has 5 nitrogen and oxygen atoms in total. The molecule has 0 unspecified atom stereocenters. The zero-order chi connectivity index (χ0) is 18.2. The van der Waals surface area contributed by atoms with Crippen LogP contribution in [0.3, 0.4) is 0 Å². The number of carbonyl (C=O) groups excluding carboxylic acids is 2. The van der Waals surface area contributed by atoms with E-state index in [1.807, 2.05) is 0 Å². The lowest BCUT2D eigenvalue weighted by molar-refractivity contribution is -0.137. The minimum atomic E-state index is -4.42. The SMILES string of the molecule is NC(=O)c1ccc(C(=O)N2CCCc3cc(C(F)(F)F)ccc32)nc1. The highest BCUT2D eigenvalue weighted by molar-refractivity contribution is 6.05. The minimum Gasteiger partial charge on any atom is -0.366 e. The monoisotopic (exact) mass is 349 g/mol. The molecule has 2 heterocycles. The summed E-state index contributed by atoms with van der Waals surface area (Å²) in [6.07, 6.45) is -2.20. The van der Waals surface area contributed by atoms with E-state index in [4.69, 9.17) is 5.73 Å². The molecule has 8 heteroatoms. The van der Waals surface area contributed by atoms with E-state index < -0.39 is 23.6 Å². The molecule has 0 radical (unpaired) electrons. The number of primary amides is 1. The topological polar surface area (TPSA) is 76.3 Å². The van der Waals surface area contributed by atoms with Crippen LogP contribution in [-0.2, 0) is 12.6 Å². The molecule has 0 fully saturated rings. The van der Waals surface area contributed by atoms with Gasteiger partial charge >= 0.3 is 6.18 Å². The number of hydrogen-bond acceptors (Lipinski definition) is 3. The van der Waals surface area contributed by atoms with Crippen molar-refractivity contribution in [2.75, 3.05) is 11.4 Å². The highest BCUT2D eigenvalue weighted by atomic mass is 19.4. The van der Waals surface area contributed by atoms with Gasteiger partial charge in [0.05, 0.1) is 11.1 Å². The number of carbonyl (C=O) groups is 2. The Hall–Kier alpha value is -2.90. The Balaban J connectivity index is 1.92. The molecule has 1 aromatic heterocycles. The molecular formula is C17H14F3N3O2. The van der Waals surface area contributed by atoms with E-state index in [0.717, 1.165) is 12.1 Å². The van der Waals surface area contributed by atoms with Crippen LogP contribution in [0.1, 0.15) is 38.4 Å². The molecule has 0 aliphatic carbocycles. The first-order valence-corrected chi connectivity index (χ1v) is 7.55. The summed E-state index contributed by atoms with van der Waals surface area (Å²) in [6, 6.07) is 6.13. The van der Waals surface area contributed by atoms with E-state index >= 15 is 0 Å². The lowest BCUT2D eigenvalue weighted by Gasteiger charge is -2.29. The van der Waals surface area contributed by atoms with E-state index in [2.05, 4.69) is 4.98 Å². The second-order valence-corrected chi connectivity index (χ2v) is 5.70. The van der Waals surface area contributed by atoms with Gasteiger partial charge in [0.2, 0.25) is 5.91 Å². The molecule has 0 saturated heterocycles. The maximum atomic E-state index is 12.9. The predicted molar refractivity (Wildman–Crippen MR) is 84.2 cm³/mol. The van der Waals surface area contributed by atoms with Crippen LogP contribution in [0, 0.1) is 0 Å². The number of rotatable bonds is 2. The van der Waals surface area contributed by atoms with E-state index in [9.17, 15) is 22.8 Å². The summed E-state index contributed by atoms with van der Waals surface area (Å²) in [7, 11) is 0. The van der Waals surface area contributed by atoms with Crippen LogP contribution in [0.5, 0.6) is 0 Å². The van der Waals surface area contributed by atoms with Crippen LogP contribution in [0.25, 0.3) is 0 Å². The molecule has 3 rings (SSSR count). The lowest BCUT2D eigenvalue weighted by atomic mass is 9.98. The van der Waals surface area contributed by atoms with Crippen molar-refractivity contribution in [2.45, 2.75) is 19.0 Å². The number of anilines is 1. The molecule has 0 saturated carbocycles. The molecular weight excluding hydrogens is 335 g/mol. The number of aryl methyl sites for hydroxylation is 1. The third kappa shape index (κ3) is 3.33. The zero-order valence-corrected chi connectivity index (χ0v) is 13.0. The third-order valence-electron chi connectivity index (χ3n) is 4.04. The first-order chi connectivity index (χ1) is 11.8. The summed E-state index contributed by atoms with van der Waals surface area (Å²) in [5, 5.41) is 0. The maximum Gasteiger partial charge on any atom is 0.416 e. The Morgan fingerprint density at radius 2 is 1.92 bits per heavy atom. The Morgan fingerprint density at radius 3 is 2.52 bits per heavy atom. The van der Waals surface area contributed by atoms with Crippen LogP contribution in [0.2, 0.25) is 0 Å². The number of halogens is 3. The Labute approximate surface area is 141 Å². The Kier molecular flexibility index (Phi) is 4.20. The number of pyridine rings is 1. The quantitative estimate of drug-likeness (QED) is 0.906. The van der Waals surface area contributed by atoms with Gasteiger partial charge in [-0.05, 0) is 48.7 Å². The highest BCUT2D eigenvalue weighted by Gasteiger charge is 2.33. The number of benzene rings is 1. The van der Waals surface area contributed by atoms with Gasteiger partial charge in [0.15, 0.2) is 0 Å². The van der Waals surface area contributed by atoms with Gasteiger partial charge in [-0.2, -0.15) is 13.2 Å². The molecule has 0 atom stereocenters. The summed E-state index contributed by atoms with van der Waals surface area (Å²) in [5.41, 5.74) is 5.59. The van der Waals surface area contributed by atoms with Gasteiger partial charge in [-0.3, -0.25) is 14.6 Å². The highest BCUT2D eigenvalue weighted by Crippen LogP contribution is 2.35. The van der Waals surface area contributed by atoms with Crippen LogP contribution in [0.15, 0.2) is 36.5 Å². The van der Waals surface area contributed by atoms with Gasteiger partial charge in [-0.15, -0.1) is 0 Å². The second kappa shape index (κ2) is 6.19. The van der Waals surface area contributed by atoms with E-state index in [0.29, 0.717) is 30.6 Å². The average molecular weight is 349 g/mol. The number of alkyl halides is 3. The lowest BCUT2D eigenvalue weighted by Crippen LogP contribution is -2.36. The minimum absolute atomic E-state index is 0.0951. The van der Waals surface area contributed by atoms with Gasteiger partial charge < -0.3 is 10.6 Å². The van der Waals surface area contributed by atoms with Crippen LogP contribution < -0.4 is 10.6 Å². The van der Waals surface area contributed by atoms with E-state index in [1.54, 1.807) is 0 Å². The number of amides is 2. The van der Waals surface area contributed by atoms with E-state index in [-0.39, 0.29) is 11.3 Å². The summed E-state index contributed by atoms with van der Waals surface area (Å²) < 4.78 is 38.6. The standard InChI is InChI=1S/C17H14F3N3O2/c18-17(19,20)12-4-6-14-10(8-12)2-1-7-23(14)16(25)13-5-3-11(9-22-13)15(21)24/h3-6,8-9H,1-2,7H2,(H2,21,24). The Morgan fingerprint density at radius 1 is 1.16 bits per heavy atom. The third-order valence-corrected chi connectivity index (χ3v) is 4.04. The normalized spacial score (nSPS) is 14.1. The summed E-state index contributed by atoms with van der Waals surface area (Å²) >= 11 is 0. The van der Waals surface area contributed by atoms with Gasteiger partial charge in [-0.1, -0.05) is 0 Å².